The van der Waals surface area contributed by atoms with Gasteiger partial charge in [-0.1, -0.05) is 0 Å². The first-order valence-corrected chi connectivity index (χ1v) is 7.55. The summed E-state index contributed by atoms with van der Waals surface area (Å²) < 4.78 is 0. The van der Waals surface area contributed by atoms with E-state index in [-0.39, 0.29) is 33.9 Å². The maximum Gasteiger partial charge on any atom is 0.321 e. The van der Waals surface area contributed by atoms with Crippen molar-refractivity contribution in [3.05, 3.63) is 0 Å². The minimum Gasteiger partial charge on any atom is -0.481 e. The highest BCUT2D eigenvalue weighted by Gasteiger charge is 2.11. The van der Waals surface area contributed by atoms with E-state index in [1.807, 2.05) is 0 Å². The normalized spacial score (nSPS) is 10.8. The molecule has 0 aromatic rings. The number of carboxylic acids is 3. The van der Waals surface area contributed by atoms with E-state index < -0.39 is 30.0 Å². The Morgan fingerprint density at radius 3 is 1.73 bits per heavy atom. The van der Waals surface area contributed by atoms with Crippen molar-refractivity contribution in [1.29, 1.82) is 0 Å². The van der Waals surface area contributed by atoms with E-state index in [0.717, 1.165) is 11.8 Å². The summed E-state index contributed by atoms with van der Waals surface area (Å²) in [6.07, 6.45) is 0.956. The number of nitrogens with two attached hydrogens (primary N) is 4. The Labute approximate surface area is 153 Å². The highest BCUT2D eigenvalue weighted by molar-refractivity contribution is 8.00. The quantitative estimate of drug-likeness (QED) is 0.102. The topological polar surface area (TPSA) is 323 Å². The van der Waals surface area contributed by atoms with Crippen LogP contribution in [0, 0.1) is 0 Å². The summed E-state index contributed by atoms with van der Waals surface area (Å²) in [5.74, 6) is -3.04. The molecule has 0 aliphatic rings. The first-order chi connectivity index (χ1) is 10.6. The lowest BCUT2D eigenvalue weighted by Crippen LogP contribution is -2.32. The number of aliphatic carboxylic acids is 3. The molecule has 17 N–H and O–H groups in total. The van der Waals surface area contributed by atoms with Gasteiger partial charge in [-0.15, -0.1) is 11.8 Å². The molecule has 0 aromatic carbocycles. The second-order valence-corrected chi connectivity index (χ2v) is 5.28. The third kappa shape index (κ3) is 26.7. The highest BCUT2D eigenvalue weighted by Crippen LogP contribution is 2.00. The van der Waals surface area contributed by atoms with Gasteiger partial charge in [-0.25, -0.2) is 0 Å². The van der Waals surface area contributed by atoms with E-state index in [9.17, 15) is 14.4 Å². The number of carbonyl (C=O) groups is 3. The van der Waals surface area contributed by atoms with Crippen LogP contribution in [0.3, 0.4) is 0 Å². The van der Waals surface area contributed by atoms with Gasteiger partial charge in [-0.2, -0.15) is 0 Å². The van der Waals surface area contributed by atoms with E-state index in [0.29, 0.717) is 19.4 Å². The zero-order valence-corrected chi connectivity index (χ0v) is 14.7. The molecule has 0 saturated heterocycles. The third-order valence-electron chi connectivity index (χ3n) is 2.12. The van der Waals surface area contributed by atoms with Crippen LogP contribution >= 0.6 is 11.8 Å². The number of aliphatic imine (C=N–C) groups is 1. The second-order valence-electron chi connectivity index (χ2n) is 4.25. The molecule has 26 heavy (non-hydrogen) atoms. The first-order valence-electron chi connectivity index (χ1n) is 6.39. The van der Waals surface area contributed by atoms with E-state index in [2.05, 4.69) is 4.99 Å². The summed E-state index contributed by atoms with van der Waals surface area (Å²) in [7, 11) is 0. The molecule has 0 aromatic heterocycles. The molecule has 158 valence electrons. The highest BCUT2D eigenvalue weighted by atomic mass is 32.2. The number of hydrogen-bond donors (Lipinski definition) is 7. The van der Waals surface area contributed by atoms with Gasteiger partial charge in [0.05, 0.1) is 5.75 Å². The second kappa shape index (κ2) is 20.9. The number of nitrogens with zero attached hydrogens (tertiary/aromatic N) is 1. The van der Waals surface area contributed by atoms with E-state index in [1.165, 1.54) is 0 Å². The van der Waals surface area contributed by atoms with Crippen molar-refractivity contribution in [2.45, 2.75) is 24.9 Å². The summed E-state index contributed by atoms with van der Waals surface area (Å²) in [4.78, 5) is 33.9. The van der Waals surface area contributed by atoms with E-state index in [1.54, 1.807) is 0 Å². The summed E-state index contributed by atoms with van der Waals surface area (Å²) in [5.41, 5.74) is 20.4. The van der Waals surface area contributed by atoms with Gasteiger partial charge < -0.3 is 54.7 Å². The van der Waals surface area contributed by atoms with Gasteiger partial charge in [-0.3, -0.25) is 19.4 Å². The van der Waals surface area contributed by atoms with Crippen molar-refractivity contribution >= 4 is 35.6 Å². The Balaban J connectivity index is -0.000000102. The summed E-state index contributed by atoms with van der Waals surface area (Å²) in [6, 6.07) is -1.79. The fourth-order valence-corrected chi connectivity index (χ4v) is 1.68. The Kier molecular flexibility index (Phi) is 28.1. The number of hydrogen-bond acceptors (Lipinski definition) is 7. The Bertz CT molecular complexity index is 421. The van der Waals surface area contributed by atoms with Gasteiger partial charge >= 0.3 is 17.9 Å². The molecule has 2 atom stereocenters. The minimum absolute atomic E-state index is 0. The van der Waals surface area contributed by atoms with Crippen molar-refractivity contribution in [3.8, 4) is 0 Å². The molecule has 0 aliphatic heterocycles. The third-order valence-corrected chi connectivity index (χ3v) is 3.17. The molecule has 15 heteroatoms. The van der Waals surface area contributed by atoms with Crippen LogP contribution in [0.1, 0.15) is 12.8 Å². The molecule has 0 heterocycles. The maximum atomic E-state index is 10.2. The van der Waals surface area contributed by atoms with Gasteiger partial charge in [-0.05, 0) is 12.8 Å². The van der Waals surface area contributed by atoms with Crippen LogP contribution in [0.25, 0.3) is 0 Å². The predicted molar refractivity (Wildman–Crippen MR) is 96.9 cm³/mol. The van der Waals surface area contributed by atoms with Gasteiger partial charge in [0.1, 0.15) is 12.1 Å². The molecule has 0 fully saturated rings. The van der Waals surface area contributed by atoms with Crippen molar-refractivity contribution in [2.24, 2.45) is 27.9 Å². The van der Waals surface area contributed by atoms with Crippen LogP contribution in [0.4, 0.5) is 0 Å². The standard InChI is InChI=1S/C6H14N4O2.C5H9NO4S.3H2O/c7-4(5(11)12)2-1-3-10-6(8)9;6-3(5(9)10)1-11-2-4(7)8;;;/h4H,1-3,7H2,(H,11,12)(H4,8,9,10);3H,1-2,6H2,(H,7,8)(H,9,10);3*1H2/t4-;3-;;;/m00.../s1. The van der Waals surface area contributed by atoms with Gasteiger partial charge in [0.2, 0.25) is 0 Å². The molecule has 0 bridgehead atoms. The van der Waals surface area contributed by atoms with Crippen molar-refractivity contribution < 1.29 is 46.1 Å². The zero-order chi connectivity index (χ0) is 18.4. The van der Waals surface area contributed by atoms with Crippen LogP contribution < -0.4 is 22.9 Å². The molecule has 0 amide bonds. The van der Waals surface area contributed by atoms with Gasteiger partial charge in [0, 0.05) is 12.3 Å². The summed E-state index contributed by atoms with van der Waals surface area (Å²) in [6.45, 7) is 0.420. The van der Waals surface area contributed by atoms with Crippen LogP contribution in [-0.2, 0) is 14.4 Å². The fourth-order valence-electron chi connectivity index (χ4n) is 0.987. The SMILES string of the molecule is NC(N)=NCCC[C@H](N)C(=O)O.N[C@@H](CSCC(=O)O)C(=O)O.O.O.O. The monoisotopic (exact) mass is 407 g/mol. The zero-order valence-electron chi connectivity index (χ0n) is 13.9. The maximum absolute atomic E-state index is 10.2. The molecular weight excluding hydrogens is 378 g/mol. The van der Waals surface area contributed by atoms with Crippen molar-refractivity contribution in [2.75, 3.05) is 18.1 Å². The Morgan fingerprint density at radius 1 is 0.923 bits per heavy atom. The fraction of sp³-hybridized carbons (Fsp3) is 0.636. The lowest BCUT2D eigenvalue weighted by Gasteiger charge is -2.03. The van der Waals surface area contributed by atoms with E-state index in [4.69, 9.17) is 38.3 Å². The number of thioether (sulfide) groups is 1. The van der Waals surface area contributed by atoms with Crippen molar-refractivity contribution in [1.82, 2.24) is 0 Å². The number of rotatable bonds is 10. The van der Waals surface area contributed by atoms with Crippen LogP contribution in [0.5, 0.6) is 0 Å². The average molecular weight is 407 g/mol. The number of carboxylic acid groups (broad SMARTS) is 3. The average Bonchev–Trinajstić information content (AvgIpc) is 2.43. The molecule has 0 spiro atoms. The molecule has 0 unspecified atom stereocenters. The molecule has 0 rings (SSSR count). The molecule has 14 nitrogen and oxygen atoms in total. The van der Waals surface area contributed by atoms with Gasteiger partial charge in [0.15, 0.2) is 5.96 Å². The first kappa shape index (κ1) is 35.0. The van der Waals surface area contributed by atoms with Crippen LogP contribution in [0.2, 0.25) is 0 Å². The Hall–Kier alpha value is -2.17. The summed E-state index contributed by atoms with van der Waals surface area (Å²) in [5, 5.41) is 24.8. The van der Waals surface area contributed by atoms with Crippen LogP contribution in [-0.4, -0.2) is 85.7 Å². The molecule has 0 saturated carbocycles. The number of guanidine groups is 1. The molecular formula is C11H29N5O9S. The Morgan fingerprint density at radius 2 is 1.38 bits per heavy atom. The predicted octanol–water partition coefficient (Wildman–Crippen LogP) is -4.81. The van der Waals surface area contributed by atoms with Crippen LogP contribution in [0.15, 0.2) is 4.99 Å². The van der Waals surface area contributed by atoms with Crippen molar-refractivity contribution in [3.63, 3.8) is 0 Å². The lowest BCUT2D eigenvalue weighted by atomic mass is 10.2. The molecule has 0 radical (unpaired) electrons. The lowest BCUT2D eigenvalue weighted by molar-refractivity contribution is -0.139. The van der Waals surface area contributed by atoms with E-state index >= 15 is 0 Å². The largest absolute Gasteiger partial charge is 0.481 e. The van der Waals surface area contributed by atoms with Gasteiger partial charge in [0.25, 0.3) is 0 Å². The molecule has 0 aliphatic carbocycles. The minimum atomic E-state index is -1.11. The smallest absolute Gasteiger partial charge is 0.321 e. The summed E-state index contributed by atoms with van der Waals surface area (Å²) >= 11 is 0.992.